The lowest BCUT2D eigenvalue weighted by molar-refractivity contribution is -0.167. The Bertz CT molecular complexity index is 133. The number of carbonyl (C=O) groups excluding carboxylic acids is 1. The van der Waals surface area contributed by atoms with Crippen molar-refractivity contribution >= 4 is 5.97 Å². The van der Waals surface area contributed by atoms with Crippen molar-refractivity contribution in [1.82, 2.24) is 0 Å². The Labute approximate surface area is 67.7 Å². The van der Waals surface area contributed by atoms with Gasteiger partial charge in [-0.3, -0.25) is 0 Å². The molecule has 0 N–H and O–H groups in total. The minimum Gasteiger partial charge on any atom is -0.467 e. The standard InChI is InChI=1S/C8H16O3/c1-5-8(3,11-6-2)7(9)10-4/h5-6H2,1-4H3. The van der Waals surface area contributed by atoms with Gasteiger partial charge in [-0.15, -0.1) is 0 Å². The molecule has 0 radical (unpaired) electrons. The zero-order chi connectivity index (χ0) is 8.91. The van der Waals surface area contributed by atoms with E-state index < -0.39 is 5.60 Å². The van der Waals surface area contributed by atoms with Crippen molar-refractivity contribution in [1.29, 1.82) is 0 Å². The maximum absolute atomic E-state index is 11.1. The molecular formula is C8H16O3. The van der Waals surface area contributed by atoms with Crippen LogP contribution in [0.5, 0.6) is 0 Å². The summed E-state index contributed by atoms with van der Waals surface area (Å²) in [5.41, 5.74) is -0.760. The lowest BCUT2D eigenvalue weighted by Crippen LogP contribution is -2.38. The summed E-state index contributed by atoms with van der Waals surface area (Å²) in [5, 5.41) is 0. The monoisotopic (exact) mass is 160 g/mol. The molecule has 0 fully saturated rings. The predicted molar refractivity (Wildman–Crippen MR) is 42.3 cm³/mol. The SMILES string of the molecule is CCOC(C)(CC)C(=O)OC. The molecule has 0 aromatic rings. The summed E-state index contributed by atoms with van der Waals surface area (Å²) >= 11 is 0. The van der Waals surface area contributed by atoms with Crippen LogP contribution in [0.4, 0.5) is 0 Å². The van der Waals surface area contributed by atoms with E-state index in [0.29, 0.717) is 13.0 Å². The molecule has 0 aliphatic carbocycles. The van der Waals surface area contributed by atoms with Gasteiger partial charge in [-0.25, -0.2) is 4.79 Å². The Balaban J connectivity index is 4.19. The molecule has 3 heteroatoms. The van der Waals surface area contributed by atoms with Crippen molar-refractivity contribution in [3.63, 3.8) is 0 Å². The number of carbonyl (C=O) groups is 1. The molecule has 0 rings (SSSR count). The van der Waals surface area contributed by atoms with Crippen LogP contribution in [0, 0.1) is 0 Å². The molecule has 0 saturated heterocycles. The van der Waals surface area contributed by atoms with Gasteiger partial charge < -0.3 is 9.47 Å². The quantitative estimate of drug-likeness (QED) is 0.582. The van der Waals surface area contributed by atoms with Gasteiger partial charge in [0.25, 0.3) is 0 Å². The highest BCUT2D eigenvalue weighted by atomic mass is 16.6. The van der Waals surface area contributed by atoms with Crippen molar-refractivity contribution in [2.45, 2.75) is 32.8 Å². The predicted octanol–water partition coefficient (Wildman–Crippen LogP) is 1.36. The third-order valence-electron chi connectivity index (χ3n) is 1.75. The van der Waals surface area contributed by atoms with E-state index >= 15 is 0 Å². The van der Waals surface area contributed by atoms with Gasteiger partial charge in [0.2, 0.25) is 0 Å². The molecule has 0 spiro atoms. The van der Waals surface area contributed by atoms with Crippen LogP contribution in [0.1, 0.15) is 27.2 Å². The van der Waals surface area contributed by atoms with Gasteiger partial charge >= 0.3 is 5.97 Å². The van der Waals surface area contributed by atoms with E-state index in [1.807, 2.05) is 13.8 Å². The molecule has 0 aliphatic rings. The fraction of sp³-hybridized carbons (Fsp3) is 0.875. The maximum Gasteiger partial charge on any atom is 0.337 e. The fourth-order valence-corrected chi connectivity index (χ4v) is 0.840. The molecule has 0 amide bonds. The van der Waals surface area contributed by atoms with E-state index in [0.717, 1.165) is 0 Å². The summed E-state index contributed by atoms with van der Waals surface area (Å²) in [5.74, 6) is -0.304. The van der Waals surface area contributed by atoms with Crippen molar-refractivity contribution in [2.75, 3.05) is 13.7 Å². The van der Waals surface area contributed by atoms with Crippen molar-refractivity contribution in [3.8, 4) is 0 Å². The Kier molecular flexibility index (Phi) is 4.11. The summed E-state index contributed by atoms with van der Waals surface area (Å²) < 4.78 is 9.85. The summed E-state index contributed by atoms with van der Waals surface area (Å²) in [6.07, 6.45) is 0.632. The minimum atomic E-state index is -0.760. The van der Waals surface area contributed by atoms with Crippen LogP contribution in [0.3, 0.4) is 0 Å². The zero-order valence-electron chi connectivity index (χ0n) is 7.64. The summed E-state index contributed by atoms with van der Waals surface area (Å²) in [6.45, 7) is 6.02. The maximum atomic E-state index is 11.1. The van der Waals surface area contributed by atoms with E-state index in [1.54, 1.807) is 6.92 Å². The second-order valence-corrected chi connectivity index (χ2v) is 2.51. The second kappa shape index (κ2) is 4.34. The van der Waals surface area contributed by atoms with Crippen LogP contribution in [-0.2, 0) is 14.3 Å². The summed E-state index contributed by atoms with van der Waals surface area (Å²) in [6, 6.07) is 0. The van der Waals surface area contributed by atoms with Gasteiger partial charge in [0.1, 0.15) is 0 Å². The molecule has 66 valence electrons. The van der Waals surface area contributed by atoms with E-state index in [2.05, 4.69) is 4.74 Å². The topological polar surface area (TPSA) is 35.5 Å². The lowest BCUT2D eigenvalue weighted by Gasteiger charge is -2.24. The average molecular weight is 160 g/mol. The van der Waals surface area contributed by atoms with E-state index in [-0.39, 0.29) is 5.97 Å². The highest BCUT2D eigenvalue weighted by molar-refractivity contribution is 5.78. The van der Waals surface area contributed by atoms with Gasteiger partial charge in [-0.05, 0) is 20.3 Å². The van der Waals surface area contributed by atoms with Crippen molar-refractivity contribution < 1.29 is 14.3 Å². The Morgan fingerprint density at radius 1 is 1.45 bits per heavy atom. The molecule has 0 aromatic carbocycles. The van der Waals surface area contributed by atoms with Crippen LogP contribution in [0.2, 0.25) is 0 Å². The lowest BCUT2D eigenvalue weighted by atomic mass is 10.0. The van der Waals surface area contributed by atoms with Gasteiger partial charge in [0, 0.05) is 6.61 Å². The molecule has 1 unspecified atom stereocenters. The number of ether oxygens (including phenoxy) is 2. The summed E-state index contributed by atoms with van der Waals surface area (Å²) in [7, 11) is 1.37. The first kappa shape index (κ1) is 10.4. The number of hydrogen-bond acceptors (Lipinski definition) is 3. The fourth-order valence-electron chi connectivity index (χ4n) is 0.840. The first-order chi connectivity index (χ1) is 5.10. The largest absolute Gasteiger partial charge is 0.467 e. The molecule has 0 saturated carbocycles. The van der Waals surface area contributed by atoms with Gasteiger partial charge in [0.05, 0.1) is 7.11 Å². The molecule has 3 nitrogen and oxygen atoms in total. The minimum absolute atomic E-state index is 0.304. The van der Waals surface area contributed by atoms with Crippen molar-refractivity contribution in [3.05, 3.63) is 0 Å². The van der Waals surface area contributed by atoms with Gasteiger partial charge in [-0.1, -0.05) is 6.92 Å². The molecular weight excluding hydrogens is 144 g/mol. The Morgan fingerprint density at radius 3 is 2.27 bits per heavy atom. The highest BCUT2D eigenvalue weighted by Crippen LogP contribution is 2.16. The normalized spacial score (nSPS) is 15.6. The number of esters is 1. The van der Waals surface area contributed by atoms with E-state index in [1.165, 1.54) is 7.11 Å². The zero-order valence-corrected chi connectivity index (χ0v) is 7.64. The van der Waals surface area contributed by atoms with Gasteiger partial charge in [0.15, 0.2) is 5.60 Å². The second-order valence-electron chi connectivity index (χ2n) is 2.51. The van der Waals surface area contributed by atoms with Crippen LogP contribution in [-0.4, -0.2) is 25.3 Å². The van der Waals surface area contributed by atoms with Crippen LogP contribution in [0.15, 0.2) is 0 Å². The van der Waals surface area contributed by atoms with E-state index in [4.69, 9.17) is 4.74 Å². The number of methoxy groups -OCH3 is 1. The molecule has 0 aliphatic heterocycles. The summed E-state index contributed by atoms with van der Waals surface area (Å²) in [4.78, 5) is 11.1. The molecule has 1 atom stereocenters. The third kappa shape index (κ3) is 2.50. The molecule has 0 bridgehead atoms. The van der Waals surface area contributed by atoms with Crippen LogP contribution < -0.4 is 0 Å². The van der Waals surface area contributed by atoms with Crippen LogP contribution in [0.25, 0.3) is 0 Å². The van der Waals surface area contributed by atoms with Gasteiger partial charge in [-0.2, -0.15) is 0 Å². The van der Waals surface area contributed by atoms with E-state index in [9.17, 15) is 4.79 Å². The first-order valence-electron chi connectivity index (χ1n) is 3.83. The Morgan fingerprint density at radius 2 is 2.00 bits per heavy atom. The average Bonchev–Trinajstić information content (AvgIpc) is 2.03. The number of rotatable bonds is 4. The van der Waals surface area contributed by atoms with Crippen LogP contribution >= 0.6 is 0 Å². The molecule has 0 aromatic heterocycles. The molecule has 11 heavy (non-hydrogen) atoms. The smallest absolute Gasteiger partial charge is 0.337 e. The van der Waals surface area contributed by atoms with Crippen molar-refractivity contribution in [2.24, 2.45) is 0 Å². The highest BCUT2D eigenvalue weighted by Gasteiger charge is 2.32. The Hall–Kier alpha value is -0.570. The molecule has 0 heterocycles. The first-order valence-corrected chi connectivity index (χ1v) is 3.83. The number of hydrogen-bond donors (Lipinski definition) is 0. The third-order valence-corrected chi connectivity index (χ3v) is 1.75.